The Morgan fingerprint density at radius 3 is 1.54 bits per heavy atom. The summed E-state index contributed by atoms with van der Waals surface area (Å²) in [5.41, 5.74) is 11.0. The van der Waals surface area contributed by atoms with E-state index in [-0.39, 0.29) is 18.8 Å². The molecule has 12 aromatic rings. The van der Waals surface area contributed by atoms with E-state index in [4.69, 9.17) is 14.7 Å². The summed E-state index contributed by atoms with van der Waals surface area (Å²) < 4.78 is 43.5. The van der Waals surface area contributed by atoms with E-state index >= 15 is 0 Å². The van der Waals surface area contributed by atoms with Crippen LogP contribution in [-0.4, -0.2) is 57.9 Å². The average Bonchev–Trinajstić information content (AvgIpc) is 1.68. The first-order valence-corrected chi connectivity index (χ1v) is 28.8. The first kappa shape index (κ1) is 52.6. The fourth-order valence-electron chi connectivity index (χ4n) is 11.5. The lowest BCUT2D eigenvalue weighted by atomic mass is 9.50. The van der Waals surface area contributed by atoms with Crippen molar-refractivity contribution >= 4 is 89.5 Å². The molecule has 0 fully saturated rings. The van der Waals surface area contributed by atoms with Crippen LogP contribution in [0.15, 0.2) is 243 Å². The first-order valence-electron chi connectivity index (χ1n) is 27.2. The summed E-state index contributed by atoms with van der Waals surface area (Å²) in [4.78, 5) is 15.3. The summed E-state index contributed by atoms with van der Waals surface area (Å²) in [6.07, 6.45) is 0.637. The van der Waals surface area contributed by atoms with Gasteiger partial charge in [0.1, 0.15) is 17.4 Å². The monoisotopic (exact) mass is 1080 g/mol. The van der Waals surface area contributed by atoms with E-state index in [0.29, 0.717) is 50.9 Å². The van der Waals surface area contributed by atoms with Crippen LogP contribution in [0, 0.1) is 24.8 Å². The number of unbranched alkanes of at least 4 members (excludes halogenated alkanes) is 1. The standard InChI is InChI=1S/C69H52B2N6O4S/c1-48-23-15-18-34-57(48)67-64-63(68(58(47-72)61-43-39-49-24-16-19-35-59(49)74-61)77(67)71(54-30-11-5-12-31-54)55-32-13-6-14-33-55)66(51-37-41-56(42-38-51)81-45-21-22-46-82(78,79)80)76(70(52-26-7-3-8-27-52)53-28-9-4-10-29-53)69(64)65(73-2)62-44-40-50-25-17-20-36-60(50)75-62/h3-20,23-44H,21-22,45-46H2,1H3,(H,78,79,80)/b68-58-,69-65+. The van der Waals surface area contributed by atoms with Gasteiger partial charge in [-0.15, -0.1) is 0 Å². The maximum absolute atomic E-state index is 12.3. The molecule has 1 N–H and O–H groups in total. The number of pyridine rings is 2. The van der Waals surface area contributed by atoms with Crippen molar-refractivity contribution in [3.05, 3.63) is 282 Å². The van der Waals surface area contributed by atoms with E-state index < -0.39 is 23.8 Å². The molecule has 0 bridgehead atoms. The minimum Gasteiger partial charge on any atom is -0.494 e. The fraction of sp³-hybridized carbons (Fsp3) is 0.0725. The number of hydrogen-bond donors (Lipinski definition) is 1. The third-order valence-electron chi connectivity index (χ3n) is 15.1. The average molecular weight is 1080 g/mol. The van der Waals surface area contributed by atoms with Gasteiger partial charge in [-0.25, -0.2) is 9.83 Å². The molecule has 13 heteroatoms. The van der Waals surface area contributed by atoms with E-state index in [9.17, 15) is 24.8 Å². The van der Waals surface area contributed by atoms with Crippen molar-refractivity contribution in [2.75, 3.05) is 12.4 Å². The zero-order valence-corrected chi connectivity index (χ0v) is 45.7. The van der Waals surface area contributed by atoms with E-state index in [1.165, 1.54) is 0 Å². The highest BCUT2D eigenvalue weighted by molar-refractivity contribution is 7.85. The van der Waals surface area contributed by atoms with Crippen molar-refractivity contribution in [3.63, 3.8) is 0 Å². The zero-order chi connectivity index (χ0) is 56.2. The van der Waals surface area contributed by atoms with Crippen LogP contribution < -0.4 is 37.3 Å². The summed E-state index contributed by atoms with van der Waals surface area (Å²) in [5, 5.41) is 16.8. The molecule has 0 aliphatic heterocycles. The number of aromatic nitrogens is 4. The normalized spacial score (nSPS) is 12.2. The minimum absolute atomic E-state index is 0.220. The number of aryl methyl sites for hydroxylation is 1. The molecule has 394 valence electrons. The fourth-order valence-corrected chi connectivity index (χ4v) is 12.0. The smallest absolute Gasteiger partial charge is 0.328 e. The van der Waals surface area contributed by atoms with Crippen LogP contribution in [-0.2, 0) is 10.1 Å². The molecule has 0 aliphatic rings. The summed E-state index contributed by atoms with van der Waals surface area (Å²) in [6, 6.07) is 84.1. The molecule has 0 aliphatic carbocycles. The van der Waals surface area contributed by atoms with Crippen molar-refractivity contribution in [1.82, 2.24) is 18.9 Å². The van der Waals surface area contributed by atoms with Crippen molar-refractivity contribution in [1.29, 1.82) is 5.26 Å². The van der Waals surface area contributed by atoms with Crippen molar-refractivity contribution in [2.24, 2.45) is 0 Å². The van der Waals surface area contributed by atoms with Crippen LogP contribution in [0.2, 0.25) is 0 Å². The molecule has 0 radical (unpaired) electrons. The van der Waals surface area contributed by atoms with Crippen molar-refractivity contribution in [2.45, 2.75) is 19.8 Å². The van der Waals surface area contributed by atoms with Crippen LogP contribution in [0.4, 0.5) is 0 Å². The maximum atomic E-state index is 12.3. The number of nitrogens with zero attached hydrogens (tertiary/aromatic N) is 6. The Labute approximate surface area is 477 Å². The predicted molar refractivity (Wildman–Crippen MR) is 333 cm³/mol. The molecule has 8 aromatic carbocycles. The maximum Gasteiger partial charge on any atom is 0.328 e. The predicted octanol–water partition coefficient (Wildman–Crippen LogP) is 10.3. The minimum atomic E-state index is -4.12. The Balaban J connectivity index is 1.37. The van der Waals surface area contributed by atoms with E-state index in [0.717, 1.165) is 77.1 Å². The largest absolute Gasteiger partial charge is 0.494 e. The second-order valence-corrected chi connectivity index (χ2v) is 21.8. The molecule has 0 saturated heterocycles. The topological polar surface area (TPSA) is 127 Å². The summed E-state index contributed by atoms with van der Waals surface area (Å²) in [6.45, 7) is 10.8. The number of hydrogen-bond acceptors (Lipinski definition) is 6. The number of benzene rings is 8. The van der Waals surface area contributed by atoms with E-state index in [1.54, 1.807) is 0 Å². The van der Waals surface area contributed by atoms with Crippen LogP contribution in [0.5, 0.6) is 5.75 Å². The third-order valence-corrected chi connectivity index (χ3v) is 15.9. The van der Waals surface area contributed by atoms with Gasteiger partial charge in [0.05, 0.1) is 46.7 Å². The quantitative estimate of drug-likeness (QED) is 0.0442. The molecule has 82 heavy (non-hydrogen) atoms. The molecule has 4 aromatic heterocycles. The highest BCUT2D eigenvalue weighted by Crippen LogP contribution is 2.38. The van der Waals surface area contributed by atoms with Crippen LogP contribution in [0.3, 0.4) is 0 Å². The second kappa shape index (κ2) is 23.0. The first-order chi connectivity index (χ1) is 40.2. The van der Waals surface area contributed by atoms with Crippen LogP contribution in [0.1, 0.15) is 29.8 Å². The molecule has 0 unspecified atom stereocenters. The van der Waals surface area contributed by atoms with Gasteiger partial charge in [-0.05, 0) is 79.4 Å². The number of fused-ring (bicyclic) bond motifs is 3. The Kier molecular flexibility index (Phi) is 14.7. The number of ether oxygens (including phenoxy) is 1. The van der Waals surface area contributed by atoms with Gasteiger partial charge in [0, 0.05) is 43.8 Å². The number of nitriles is 1. The lowest BCUT2D eigenvalue weighted by Crippen LogP contribution is -2.54. The Hall–Kier alpha value is -10.0. The summed E-state index contributed by atoms with van der Waals surface area (Å²) >= 11 is 0. The summed E-state index contributed by atoms with van der Waals surface area (Å²) in [7, 11) is -4.12. The van der Waals surface area contributed by atoms with Gasteiger partial charge in [0.25, 0.3) is 10.1 Å². The van der Waals surface area contributed by atoms with E-state index in [1.807, 2.05) is 182 Å². The SMILES string of the molecule is [C-]#[N+]/C(c1ccc2ccccc2n1)=c1\c2c(-c3ccccc3C)n(B(c3ccccc3)c3ccccc3)/c(=C(/C#N)c3ccc4ccccc4n3)c2c(-c2ccc(OCCCCS(=O)(=O)O)cc2)n1B(c1ccccc1)c1ccccc1. The Morgan fingerprint density at radius 2 is 1.02 bits per heavy atom. The van der Waals surface area contributed by atoms with Crippen LogP contribution >= 0.6 is 0 Å². The number of para-hydroxylation sites is 2. The van der Waals surface area contributed by atoms with Gasteiger partial charge >= 0.3 is 13.7 Å². The molecule has 0 saturated carbocycles. The summed E-state index contributed by atoms with van der Waals surface area (Å²) in [5.74, 6) is 0.198. The van der Waals surface area contributed by atoms with E-state index in [2.05, 4.69) is 87.5 Å². The van der Waals surface area contributed by atoms with Crippen molar-refractivity contribution in [3.8, 4) is 34.3 Å². The molecular formula is C69H52B2N6O4S. The van der Waals surface area contributed by atoms with Gasteiger partial charge < -0.3 is 13.7 Å². The molecule has 10 nitrogen and oxygen atoms in total. The van der Waals surface area contributed by atoms with Crippen molar-refractivity contribution < 1.29 is 17.7 Å². The Bertz CT molecular complexity index is 4500. The number of rotatable bonds is 16. The van der Waals surface area contributed by atoms with Crippen LogP contribution in [0.25, 0.3) is 71.2 Å². The molecule has 0 spiro atoms. The zero-order valence-electron chi connectivity index (χ0n) is 44.8. The molecule has 12 rings (SSSR count). The third kappa shape index (κ3) is 10.3. The highest BCUT2D eigenvalue weighted by atomic mass is 32.2. The molecule has 0 atom stereocenters. The highest BCUT2D eigenvalue weighted by Gasteiger charge is 2.37. The molecule has 4 heterocycles. The Morgan fingerprint density at radius 1 is 0.561 bits per heavy atom. The van der Waals surface area contributed by atoms with Gasteiger partial charge in [-0.1, -0.05) is 216 Å². The van der Waals surface area contributed by atoms with Gasteiger partial charge in [-0.2, -0.15) is 13.7 Å². The van der Waals surface area contributed by atoms with Gasteiger partial charge in [0.2, 0.25) is 5.70 Å². The lowest BCUT2D eigenvalue weighted by Gasteiger charge is -2.25. The van der Waals surface area contributed by atoms with Gasteiger partial charge in [0.15, 0.2) is 0 Å². The molecule has 0 amide bonds. The lowest BCUT2D eigenvalue weighted by molar-refractivity contribution is 0.309. The second-order valence-electron chi connectivity index (χ2n) is 20.2. The van der Waals surface area contributed by atoms with Gasteiger partial charge in [-0.3, -0.25) is 9.54 Å². The molecular weight excluding hydrogens is 1030 g/mol.